The summed E-state index contributed by atoms with van der Waals surface area (Å²) in [5.74, 6) is -2.76. The summed E-state index contributed by atoms with van der Waals surface area (Å²) in [5.41, 5.74) is 3.53. The number of carbonyl (C=O) groups is 1. The monoisotopic (exact) mass is 631 g/mol. The molecule has 47 heavy (non-hydrogen) atoms. The molecule has 2 heterocycles. The van der Waals surface area contributed by atoms with Crippen LogP contribution in [0.25, 0.3) is 6.08 Å². The minimum Gasteiger partial charge on any atom is -0.482 e. The molecular weight excluding hydrogens is 603 g/mol. The molecule has 2 aliphatic carbocycles. The van der Waals surface area contributed by atoms with Crippen LogP contribution >= 0.6 is 0 Å². The van der Waals surface area contributed by atoms with Gasteiger partial charge in [-0.25, -0.2) is 13.2 Å². The number of benzene rings is 4. The Morgan fingerprint density at radius 1 is 0.787 bits per heavy atom. The molecule has 0 radical (unpaired) electrons. The minimum absolute atomic E-state index is 0.0351. The lowest BCUT2D eigenvalue weighted by Crippen LogP contribution is -2.62. The molecule has 1 amide bonds. The largest absolute Gasteiger partial charge is 0.482 e. The van der Waals surface area contributed by atoms with Gasteiger partial charge in [-0.1, -0.05) is 72.8 Å². The summed E-state index contributed by atoms with van der Waals surface area (Å²) in [5, 5.41) is 1.95. The van der Waals surface area contributed by atoms with Crippen LogP contribution in [-0.4, -0.2) is 28.7 Å². The Bertz CT molecular complexity index is 2150. The quantitative estimate of drug-likeness (QED) is 0.211. The fourth-order valence-corrected chi connectivity index (χ4v) is 7.22. The number of hydrogen-bond acceptors (Lipinski definition) is 4. The molecule has 1 aromatic heterocycles. The SMILES string of the molecule is O=C1c2c(OCc3ccccc3)c(=O)ccn2N(C23C(=Cc4c2ccc(F)c4F)Cc2ccccc23)CN1CCc1ccc(F)cc1. The number of rotatable bonds is 7. The first kappa shape index (κ1) is 28.9. The lowest BCUT2D eigenvalue weighted by Gasteiger charge is -2.49. The molecule has 1 unspecified atom stereocenters. The number of halogens is 3. The van der Waals surface area contributed by atoms with E-state index in [-0.39, 0.29) is 42.6 Å². The first-order chi connectivity index (χ1) is 22.9. The molecule has 9 heteroatoms. The highest BCUT2D eigenvalue weighted by molar-refractivity contribution is 5.96. The normalized spacial score (nSPS) is 17.6. The van der Waals surface area contributed by atoms with Gasteiger partial charge in [0.25, 0.3) is 5.91 Å². The van der Waals surface area contributed by atoms with Crippen LogP contribution in [0.15, 0.2) is 114 Å². The minimum atomic E-state index is -1.12. The Morgan fingerprint density at radius 2 is 1.55 bits per heavy atom. The van der Waals surface area contributed by atoms with E-state index < -0.39 is 28.5 Å². The number of ether oxygens (including phenoxy) is 1. The standard InChI is InChI=1S/C38H28F3N3O3/c39-28-12-10-24(11-13-28)16-18-42-23-44(43-19-17-33(45)36(35(43)37(42)46)47-22-25-6-2-1-3-7-25)38-27(20-26-8-4-5-9-30(26)38)21-29-31(38)14-15-32(40)34(29)41/h1-15,17,19,21H,16,18,20,22-23H2. The van der Waals surface area contributed by atoms with E-state index in [1.165, 1.54) is 18.2 Å². The molecule has 1 atom stereocenters. The maximum absolute atomic E-state index is 15.5. The number of pyridine rings is 1. The Morgan fingerprint density at radius 3 is 2.36 bits per heavy atom. The first-order valence-electron chi connectivity index (χ1n) is 15.4. The van der Waals surface area contributed by atoms with Crippen LogP contribution in [0, 0.1) is 17.5 Å². The molecule has 0 saturated heterocycles. The molecule has 234 valence electrons. The average Bonchev–Trinajstić information content (AvgIpc) is 3.59. The molecule has 0 saturated carbocycles. The summed E-state index contributed by atoms with van der Waals surface area (Å²) >= 11 is 0. The number of nitrogens with zero attached hydrogens (tertiary/aromatic N) is 3. The van der Waals surface area contributed by atoms with Crippen LogP contribution in [0.5, 0.6) is 5.75 Å². The van der Waals surface area contributed by atoms with Gasteiger partial charge in [0.1, 0.15) is 24.6 Å². The molecule has 5 aromatic rings. The second-order valence-electron chi connectivity index (χ2n) is 12.0. The lowest BCUT2D eigenvalue weighted by molar-refractivity contribution is 0.0666. The van der Waals surface area contributed by atoms with Crippen LogP contribution in [0.1, 0.15) is 43.9 Å². The highest BCUT2D eigenvalue weighted by atomic mass is 19.2. The van der Waals surface area contributed by atoms with E-state index in [2.05, 4.69) is 0 Å². The van der Waals surface area contributed by atoms with Gasteiger partial charge in [0.05, 0.1) is 0 Å². The van der Waals surface area contributed by atoms with Gasteiger partial charge in [-0.2, -0.15) is 0 Å². The van der Waals surface area contributed by atoms with Crippen LogP contribution in [0.3, 0.4) is 0 Å². The molecule has 0 bridgehead atoms. The van der Waals surface area contributed by atoms with Gasteiger partial charge in [0, 0.05) is 24.4 Å². The van der Waals surface area contributed by atoms with Crippen molar-refractivity contribution in [3.63, 3.8) is 0 Å². The number of fused-ring (bicyclic) bond motifs is 6. The van der Waals surface area contributed by atoms with Crippen LogP contribution in [-0.2, 0) is 25.0 Å². The van der Waals surface area contributed by atoms with E-state index in [0.29, 0.717) is 18.4 Å². The smallest absolute Gasteiger partial charge is 0.277 e. The zero-order chi connectivity index (χ0) is 32.3. The predicted octanol–water partition coefficient (Wildman–Crippen LogP) is 6.34. The summed E-state index contributed by atoms with van der Waals surface area (Å²) in [6.45, 7) is 0.351. The molecule has 0 fully saturated rings. The van der Waals surface area contributed by atoms with Crippen molar-refractivity contribution < 1.29 is 22.7 Å². The van der Waals surface area contributed by atoms with E-state index >= 15 is 4.39 Å². The topological polar surface area (TPSA) is 54.8 Å². The van der Waals surface area contributed by atoms with Crippen molar-refractivity contribution in [1.29, 1.82) is 0 Å². The van der Waals surface area contributed by atoms with Crippen molar-refractivity contribution in [3.05, 3.63) is 176 Å². The van der Waals surface area contributed by atoms with E-state index in [0.717, 1.165) is 33.9 Å². The fourth-order valence-electron chi connectivity index (χ4n) is 7.22. The Kier molecular flexibility index (Phi) is 6.79. The Labute approximate surface area is 268 Å². The second-order valence-corrected chi connectivity index (χ2v) is 12.0. The predicted molar refractivity (Wildman–Crippen MR) is 171 cm³/mol. The van der Waals surface area contributed by atoms with Gasteiger partial charge in [-0.3, -0.25) is 19.3 Å². The molecular formula is C38H28F3N3O3. The number of hydrogen-bond donors (Lipinski definition) is 0. The third-order valence-electron chi connectivity index (χ3n) is 9.38. The van der Waals surface area contributed by atoms with Gasteiger partial charge in [-0.15, -0.1) is 0 Å². The maximum Gasteiger partial charge on any atom is 0.277 e. The average molecular weight is 632 g/mol. The van der Waals surface area contributed by atoms with Crippen molar-refractivity contribution in [2.45, 2.75) is 25.0 Å². The zero-order valence-electron chi connectivity index (χ0n) is 25.1. The molecule has 3 aliphatic rings. The zero-order valence-corrected chi connectivity index (χ0v) is 25.1. The van der Waals surface area contributed by atoms with Crippen molar-refractivity contribution in [3.8, 4) is 5.75 Å². The van der Waals surface area contributed by atoms with E-state index in [1.54, 1.807) is 40.0 Å². The van der Waals surface area contributed by atoms with Gasteiger partial charge >= 0.3 is 0 Å². The first-order valence-corrected chi connectivity index (χ1v) is 15.4. The third kappa shape index (κ3) is 4.48. The van der Waals surface area contributed by atoms with E-state index in [9.17, 15) is 18.4 Å². The van der Waals surface area contributed by atoms with Gasteiger partial charge in [0.2, 0.25) is 5.43 Å². The number of carbonyl (C=O) groups excluding carboxylic acids is 1. The molecule has 0 spiro atoms. The van der Waals surface area contributed by atoms with Crippen molar-refractivity contribution in [2.24, 2.45) is 0 Å². The highest BCUT2D eigenvalue weighted by Gasteiger charge is 2.56. The number of aromatic nitrogens is 1. The maximum atomic E-state index is 15.5. The summed E-state index contributed by atoms with van der Waals surface area (Å²) < 4.78 is 51.5. The molecule has 8 rings (SSSR count). The second kappa shape index (κ2) is 11.0. The Hall–Kier alpha value is -5.57. The van der Waals surface area contributed by atoms with Crippen LogP contribution in [0.2, 0.25) is 0 Å². The van der Waals surface area contributed by atoms with Crippen molar-refractivity contribution in [2.75, 3.05) is 18.2 Å². The van der Waals surface area contributed by atoms with E-state index in [4.69, 9.17) is 4.74 Å². The molecule has 6 nitrogen and oxygen atoms in total. The van der Waals surface area contributed by atoms with Gasteiger partial charge < -0.3 is 9.64 Å². The molecule has 0 N–H and O–H groups in total. The summed E-state index contributed by atoms with van der Waals surface area (Å²) in [6, 6.07) is 27.4. The summed E-state index contributed by atoms with van der Waals surface area (Å²) in [4.78, 5) is 29.5. The van der Waals surface area contributed by atoms with Crippen LogP contribution in [0.4, 0.5) is 13.2 Å². The third-order valence-corrected chi connectivity index (χ3v) is 9.38. The van der Waals surface area contributed by atoms with E-state index in [1.807, 2.05) is 59.6 Å². The lowest BCUT2D eigenvalue weighted by atomic mass is 9.83. The van der Waals surface area contributed by atoms with Crippen LogP contribution < -0.4 is 15.2 Å². The Balaban J connectivity index is 1.32. The molecule has 4 aromatic carbocycles. The fraction of sp³-hybridized carbons (Fsp3) is 0.158. The van der Waals surface area contributed by atoms with Crippen molar-refractivity contribution >= 4 is 12.0 Å². The van der Waals surface area contributed by atoms with Crippen molar-refractivity contribution in [1.82, 2.24) is 9.58 Å². The van der Waals surface area contributed by atoms with Gasteiger partial charge in [-0.05, 0) is 70.5 Å². The number of amides is 1. The van der Waals surface area contributed by atoms with Gasteiger partial charge in [0.15, 0.2) is 23.1 Å². The summed E-state index contributed by atoms with van der Waals surface area (Å²) in [7, 11) is 0. The highest BCUT2D eigenvalue weighted by Crippen LogP contribution is 2.56. The molecule has 1 aliphatic heterocycles. The summed E-state index contributed by atoms with van der Waals surface area (Å²) in [6.07, 6.45) is 4.16.